The number of aliphatic carboxylic acids is 1. The van der Waals surface area contributed by atoms with Gasteiger partial charge in [-0.25, -0.2) is 42.3 Å². The predicted octanol–water partition coefficient (Wildman–Crippen LogP) is 6.85. The Morgan fingerprint density at radius 1 is 0.652 bits per heavy atom. The first-order chi connectivity index (χ1) is 43.4. The number of hydrogen-bond donors (Lipinski definition) is 6. The number of carboxylic acid groups (broad SMARTS) is 1. The third-order valence-electron chi connectivity index (χ3n) is 15.5. The minimum atomic E-state index is -3.38. The van der Waals surface area contributed by atoms with Crippen LogP contribution in [0.4, 0.5) is 52.2 Å². The molecule has 4 saturated heterocycles. The topological polar surface area (TPSA) is 309 Å². The van der Waals surface area contributed by atoms with Crippen molar-refractivity contribution in [1.82, 2.24) is 49.9 Å². The number of carbonyl (C=O) groups is 2. The predicted molar refractivity (Wildman–Crippen MR) is 337 cm³/mol. The minimum Gasteiger partial charge on any atom is -0.483 e. The smallest absolute Gasteiger partial charge is 0.332 e. The average molecular weight is 1300 g/mol. The molecule has 0 aliphatic carbocycles. The summed E-state index contributed by atoms with van der Waals surface area (Å²) in [5, 5.41) is 53.8. The fourth-order valence-electron chi connectivity index (χ4n) is 10.7. The molecule has 4 aliphatic rings. The van der Waals surface area contributed by atoms with Crippen LogP contribution < -0.4 is 44.7 Å². The highest BCUT2D eigenvalue weighted by atomic mass is 35.5. The van der Waals surface area contributed by atoms with Gasteiger partial charge in [0.1, 0.15) is 83.1 Å². The molecule has 0 radical (unpaired) electrons. The van der Waals surface area contributed by atoms with Gasteiger partial charge < -0.3 is 74.7 Å². The van der Waals surface area contributed by atoms with E-state index in [4.69, 9.17) is 29.2 Å². The largest absolute Gasteiger partial charge is 0.483 e. The van der Waals surface area contributed by atoms with Crippen LogP contribution in [0.15, 0.2) is 85.5 Å². The number of halogens is 5. The van der Waals surface area contributed by atoms with Crippen LogP contribution in [-0.2, 0) is 9.59 Å². The molecule has 6 atom stereocenters. The van der Waals surface area contributed by atoms with E-state index in [-0.39, 0.29) is 54.4 Å². The van der Waals surface area contributed by atoms with E-state index in [1.165, 1.54) is 44.7 Å². The summed E-state index contributed by atoms with van der Waals surface area (Å²) in [5.41, 5.74) is 4.26. The molecule has 492 valence electrons. The number of piperazine rings is 2. The highest BCUT2D eigenvalue weighted by molar-refractivity contribution is 5.85. The number of aliphatic hydroxyl groups excluding tert-OH is 2. The maximum absolute atomic E-state index is 14.9. The number of likely N-dealkylation sites (tertiary alicyclic amines) is 1. The van der Waals surface area contributed by atoms with Gasteiger partial charge in [-0.1, -0.05) is 0 Å². The van der Waals surface area contributed by atoms with Gasteiger partial charge in [0.05, 0.1) is 49.8 Å². The maximum atomic E-state index is 14.9. The zero-order valence-corrected chi connectivity index (χ0v) is 52.9. The van der Waals surface area contributed by atoms with Gasteiger partial charge in [-0.3, -0.25) is 4.79 Å². The lowest BCUT2D eigenvalue weighted by Gasteiger charge is -2.40. The van der Waals surface area contributed by atoms with Gasteiger partial charge >= 0.3 is 11.9 Å². The van der Waals surface area contributed by atoms with Crippen molar-refractivity contribution in [2.24, 2.45) is 0 Å². The number of piperidine rings is 2. The first-order valence-electron chi connectivity index (χ1n) is 29.4. The second-order valence-electron chi connectivity index (χ2n) is 22.5. The van der Waals surface area contributed by atoms with E-state index < -0.39 is 61.2 Å². The van der Waals surface area contributed by atoms with E-state index in [0.717, 1.165) is 55.5 Å². The van der Waals surface area contributed by atoms with Crippen LogP contribution in [-0.4, -0.2) is 214 Å². The maximum Gasteiger partial charge on any atom is 0.332 e. The Hall–Kier alpha value is -8.97. The van der Waals surface area contributed by atoms with Gasteiger partial charge in [0.2, 0.25) is 11.8 Å². The molecule has 6 aromatic rings. The van der Waals surface area contributed by atoms with Crippen LogP contribution in [0, 0.1) is 22.7 Å². The lowest BCUT2D eigenvalue weighted by atomic mass is 10.0. The molecule has 30 heteroatoms. The number of ether oxygens (including phenoxy) is 4. The summed E-state index contributed by atoms with van der Waals surface area (Å²) in [6.07, 6.45) is -2.68. The van der Waals surface area contributed by atoms with Gasteiger partial charge in [-0.2, -0.15) is 20.5 Å². The molecule has 0 bridgehead atoms. The van der Waals surface area contributed by atoms with Gasteiger partial charge in [0.15, 0.2) is 12.2 Å². The fraction of sp³-hybridized carbons (Fsp3) is 0.452. The Balaban J connectivity index is 0.000000238. The number of hydrogen-bond acceptors (Lipinski definition) is 23. The Morgan fingerprint density at radius 2 is 1.11 bits per heavy atom. The lowest BCUT2D eigenvalue weighted by Crippen LogP contribution is -2.56. The molecule has 25 nitrogen and oxygen atoms in total. The molecule has 4 fully saturated rings. The number of aliphatic hydroxyl groups is 2. The number of likely N-dealkylation sites (N-methyl/N-ethyl adjacent to an activating group) is 2. The molecular weight excluding hydrogens is 1220 g/mol. The number of amides is 1. The monoisotopic (exact) mass is 1300 g/mol. The number of rotatable bonds is 16. The highest BCUT2D eigenvalue weighted by Crippen LogP contribution is 2.38. The molecule has 0 saturated carbocycles. The number of nitrogens with zero attached hydrogens (tertiary/aromatic N) is 13. The van der Waals surface area contributed by atoms with Crippen molar-refractivity contribution in [2.45, 2.75) is 88.9 Å². The van der Waals surface area contributed by atoms with E-state index in [2.05, 4.69) is 99.5 Å². The van der Waals surface area contributed by atoms with E-state index in [1.54, 1.807) is 44.6 Å². The van der Waals surface area contributed by atoms with Crippen LogP contribution in [0.3, 0.4) is 0 Å². The van der Waals surface area contributed by atoms with E-state index >= 15 is 0 Å². The van der Waals surface area contributed by atoms with E-state index in [0.29, 0.717) is 76.2 Å². The normalized spacial score (nSPS) is 20.1. The van der Waals surface area contributed by atoms with Crippen molar-refractivity contribution in [2.75, 3.05) is 114 Å². The molecule has 8 heterocycles. The van der Waals surface area contributed by atoms with Crippen LogP contribution in [0.2, 0.25) is 0 Å². The van der Waals surface area contributed by atoms with Crippen molar-refractivity contribution in [1.29, 1.82) is 10.5 Å². The number of nitrogens with one attached hydrogen (secondary N) is 3. The number of alkyl halides is 4. The summed E-state index contributed by atoms with van der Waals surface area (Å²) in [7, 11) is 7.41. The van der Waals surface area contributed by atoms with Gasteiger partial charge in [-0.15, -0.1) is 12.4 Å². The second-order valence-corrected chi connectivity index (χ2v) is 22.5. The number of anilines is 6. The average Bonchev–Trinajstić information content (AvgIpc) is 0.830. The molecule has 10 rings (SSSR count). The van der Waals surface area contributed by atoms with Crippen LogP contribution >= 0.6 is 12.4 Å². The van der Waals surface area contributed by atoms with Crippen LogP contribution in [0.1, 0.15) is 51.7 Å². The summed E-state index contributed by atoms with van der Waals surface area (Å²) >= 11 is 0. The van der Waals surface area contributed by atoms with Crippen molar-refractivity contribution < 1.29 is 61.4 Å². The number of carbonyl (C=O) groups excluding carboxylic acids is 1. The van der Waals surface area contributed by atoms with Crippen LogP contribution in [0.5, 0.6) is 23.3 Å². The van der Waals surface area contributed by atoms with E-state index in [9.17, 15) is 42.8 Å². The SMILES string of the molecule is COc1nc(Nc2cc(-c3ccc(OC4CCN(C(=O)[C@H](C)O)CC4(F)F)c(C#N)c3)ncn2)ccc1N1CCN(C)C[C@@H]1C.COc1nc(Nc2cc(-c3ccc(OC4CCNCC4(F)F)c(C#N)c3)ncn2)ccc1N1CCN(C)C[C@@H]1C.C[C@H](O)C(=O)O.Cl. The molecule has 92 heavy (non-hydrogen) atoms. The Labute approximate surface area is 536 Å². The number of benzene rings is 2. The molecule has 0 spiro atoms. The van der Waals surface area contributed by atoms with Crippen LogP contribution in [0.25, 0.3) is 22.5 Å². The quantitative estimate of drug-likeness (QED) is 0.0540. The molecule has 2 aromatic carbocycles. The number of pyridine rings is 2. The van der Waals surface area contributed by atoms with Crippen molar-refractivity contribution in [3.8, 4) is 57.9 Å². The van der Waals surface area contributed by atoms with Gasteiger partial charge in [0, 0.05) is 94.0 Å². The summed E-state index contributed by atoms with van der Waals surface area (Å²) in [6, 6.07) is 25.2. The second kappa shape index (κ2) is 31.4. The third-order valence-corrected chi connectivity index (χ3v) is 15.5. The summed E-state index contributed by atoms with van der Waals surface area (Å²) in [5.74, 6) is -5.20. The Bertz CT molecular complexity index is 3610. The Kier molecular flexibility index (Phi) is 24.0. The van der Waals surface area contributed by atoms with Gasteiger partial charge in [-0.05, 0) is 109 Å². The third kappa shape index (κ3) is 17.7. The van der Waals surface area contributed by atoms with Crippen molar-refractivity contribution in [3.63, 3.8) is 0 Å². The minimum absolute atomic E-state index is 0. The Morgan fingerprint density at radius 3 is 1.50 bits per heavy atom. The molecular formula is C62H75ClF4N16O9. The fourth-order valence-corrected chi connectivity index (χ4v) is 10.7. The summed E-state index contributed by atoms with van der Waals surface area (Å²) in [4.78, 5) is 58.1. The first-order valence-corrected chi connectivity index (χ1v) is 29.4. The first kappa shape index (κ1) is 70.5. The van der Waals surface area contributed by atoms with E-state index in [1.807, 2.05) is 30.3 Å². The van der Waals surface area contributed by atoms with Crippen molar-refractivity contribution >= 4 is 58.9 Å². The number of nitriles is 2. The zero-order valence-electron chi connectivity index (χ0n) is 52.1. The summed E-state index contributed by atoms with van der Waals surface area (Å²) in [6.45, 7) is 11.4. The molecule has 4 aromatic heterocycles. The lowest BCUT2D eigenvalue weighted by molar-refractivity contribution is -0.165. The molecule has 2 unspecified atom stereocenters. The molecule has 6 N–H and O–H groups in total. The highest BCUT2D eigenvalue weighted by Gasteiger charge is 2.48. The number of carboxylic acids is 1. The molecule has 1 amide bonds. The number of aromatic nitrogens is 6. The van der Waals surface area contributed by atoms with Gasteiger partial charge in [0.25, 0.3) is 11.8 Å². The number of methoxy groups -OCH3 is 2. The molecule has 4 aliphatic heterocycles. The standard InChI is InChI=1S/C31H36F2N8O4.C28H32F2N8O2.C3H6O3.ClH/c1-19-16-39(3)11-12-41(19)24-6-8-27(38-29(24)44-4)37-28-14-23(35-18-36-28)21-5-7-25(22(13-21)15-34)45-26-9-10-40(17-31(26,32)33)30(43)20(2)42;1-18-15-37(2)10-11-38(18)22-5-7-25(36-27(22)39-3)35-26-13-21(33-17-34-26)19-4-6-23(20(12-19)14-31)40-24-8-9-32-16-28(24,29)30;1-2(4)3(5)6;/h5-8,13-14,18-20,26,42H,9-12,16-17H2,1-4H3,(H,35,36,37,38);4-7,12-13,17-18,24,32H,8-11,15-16H2,1-3H3,(H,33,34,35,36);2,4H,1H3,(H,5,6);1H/t19-,20-,26?;18-,24?;2-;/m000./s1. The summed E-state index contributed by atoms with van der Waals surface area (Å²) < 4.78 is 80.7. The van der Waals surface area contributed by atoms with Crippen molar-refractivity contribution in [3.05, 3.63) is 96.6 Å². The zero-order chi connectivity index (χ0) is 65.7.